The SMILES string of the molecule is CCC(C)NC(=S)N(Cc1cc2cccc(C)c2[nH]c1=O)CC1CCCO1. The van der Waals surface area contributed by atoms with Crippen LogP contribution in [0.5, 0.6) is 0 Å². The van der Waals surface area contributed by atoms with Crippen molar-refractivity contribution in [2.75, 3.05) is 13.2 Å². The number of H-pyrrole nitrogens is 1. The first-order valence-electron chi connectivity index (χ1n) is 9.76. The topological polar surface area (TPSA) is 57.4 Å². The molecule has 146 valence electrons. The van der Waals surface area contributed by atoms with Crippen molar-refractivity contribution >= 4 is 28.2 Å². The molecular weight excluding hydrogens is 358 g/mol. The van der Waals surface area contributed by atoms with Crippen LogP contribution < -0.4 is 10.9 Å². The Balaban J connectivity index is 1.86. The molecule has 2 atom stereocenters. The number of benzene rings is 1. The number of nitrogens with one attached hydrogen (secondary N) is 2. The first kappa shape index (κ1) is 19.8. The molecule has 27 heavy (non-hydrogen) atoms. The van der Waals surface area contributed by atoms with Gasteiger partial charge in [-0.1, -0.05) is 25.1 Å². The summed E-state index contributed by atoms with van der Waals surface area (Å²) < 4.78 is 5.80. The zero-order valence-corrected chi connectivity index (χ0v) is 17.2. The fourth-order valence-corrected chi connectivity index (χ4v) is 3.75. The minimum atomic E-state index is -0.0551. The molecule has 5 nitrogen and oxygen atoms in total. The zero-order chi connectivity index (χ0) is 19.4. The molecule has 2 heterocycles. The fraction of sp³-hybridized carbons (Fsp3) is 0.524. The van der Waals surface area contributed by atoms with Crippen molar-refractivity contribution in [3.63, 3.8) is 0 Å². The normalized spacial score (nSPS) is 17.8. The van der Waals surface area contributed by atoms with Crippen molar-refractivity contribution < 1.29 is 4.74 Å². The smallest absolute Gasteiger partial charge is 0.253 e. The Labute approximate surface area is 166 Å². The fourth-order valence-electron chi connectivity index (χ4n) is 3.41. The van der Waals surface area contributed by atoms with E-state index in [0.717, 1.165) is 47.9 Å². The van der Waals surface area contributed by atoms with Gasteiger partial charge in [-0.3, -0.25) is 4.79 Å². The van der Waals surface area contributed by atoms with Crippen LogP contribution in [0.3, 0.4) is 0 Å². The lowest BCUT2D eigenvalue weighted by Gasteiger charge is -2.29. The molecule has 1 saturated heterocycles. The van der Waals surface area contributed by atoms with Crippen molar-refractivity contribution in [3.05, 3.63) is 45.7 Å². The summed E-state index contributed by atoms with van der Waals surface area (Å²) in [7, 11) is 0. The van der Waals surface area contributed by atoms with E-state index < -0.39 is 0 Å². The number of aromatic amines is 1. The van der Waals surface area contributed by atoms with E-state index in [9.17, 15) is 4.79 Å². The van der Waals surface area contributed by atoms with Gasteiger partial charge in [-0.15, -0.1) is 0 Å². The number of thiocarbonyl (C=S) groups is 1. The molecule has 1 aromatic heterocycles. The van der Waals surface area contributed by atoms with Gasteiger partial charge in [-0.25, -0.2) is 0 Å². The van der Waals surface area contributed by atoms with Crippen molar-refractivity contribution in [1.29, 1.82) is 0 Å². The Hall–Kier alpha value is -1.92. The van der Waals surface area contributed by atoms with E-state index in [1.165, 1.54) is 0 Å². The molecule has 2 N–H and O–H groups in total. The number of nitrogens with zero attached hydrogens (tertiary/aromatic N) is 1. The van der Waals surface area contributed by atoms with Crippen molar-refractivity contribution in [2.24, 2.45) is 0 Å². The average molecular weight is 388 g/mol. The van der Waals surface area contributed by atoms with E-state index in [4.69, 9.17) is 17.0 Å². The molecule has 3 rings (SSSR count). The Bertz CT molecular complexity index is 858. The highest BCUT2D eigenvalue weighted by Gasteiger charge is 2.22. The van der Waals surface area contributed by atoms with Crippen LogP contribution in [0.4, 0.5) is 0 Å². The number of hydrogen-bond donors (Lipinski definition) is 2. The third-order valence-electron chi connectivity index (χ3n) is 5.24. The van der Waals surface area contributed by atoms with Gasteiger partial charge in [0.25, 0.3) is 5.56 Å². The average Bonchev–Trinajstić information content (AvgIpc) is 3.15. The number of pyridine rings is 1. The van der Waals surface area contributed by atoms with Gasteiger partial charge in [0.05, 0.1) is 18.2 Å². The number of rotatable bonds is 6. The molecule has 0 spiro atoms. The number of hydrogen-bond acceptors (Lipinski definition) is 3. The maximum absolute atomic E-state index is 12.7. The summed E-state index contributed by atoms with van der Waals surface area (Å²) in [5.74, 6) is 0. The first-order valence-corrected chi connectivity index (χ1v) is 10.2. The summed E-state index contributed by atoms with van der Waals surface area (Å²) in [6.45, 7) is 8.23. The second-order valence-corrected chi connectivity index (χ2v) is 7.82. The molecule has 0 saturated carbocycles. The lowest BCUT2D eigenvalue weighted by molar-refractivity contribution is 0.0895. The van der Waals surface area contributed by atoms with Gasteiger partial charge in [0.2, 0.25) is 0 Å². The molecule has 0 aliphatic carbocycles. The largest absolute Gasteiger partial charge is 0.376 e. The molecule has 1 aromatic carbocycles. The lowest BCUT2D eigenvalue weighted by atomic mass is 10.1. The Morgan fingerprint density at radius 3 is 3.00 bits per heavy atom. The number of ether oxygens (including phenoxy) is 1. The third kappa shape index (κ3) is 4.87. The van der Waals surface area contributed by atoms with Crippen LogP contribution in [0, 0.1) is 6.92 Å². The number of aromatic nitrogens is 1. The summed E-state index contributed by atoms with van der Waals surface area (Å²) in [6, 6.07) is 8.32. The summed E-state index contributed by atoms with van der Waals surface area (Å²) in [5, 5.41) is 5.11. The standard InChI is InChI=1S/C21H29N3O2S/c1-4-15(3)22-21(27)24(13-18-9-6-10-26-18)12-17-11-16-8-5-7-14(2)19(16)23-20(17)25/h5,7-8,11,15,18H,4,6,9-10,12-13H2,1-3H3,(H,22,27)(H,23,25). The Kier molecular flexibility index (Phi) is 6.50. The Morgan fingerprint density at radius 2 is 2.30 bits per heavy atom. The molecule has 0 radical (unpaired) electrons. The van der Waals surface area contributed by atoms with Crippen molar-refractivity contribution in [1.82, 2.24) is 15.2 Å². The van der Waals surface area contributed by atoms with Crippen LogP contribution in [-0.2, 0) is 11.3 Å². The molecule has 6 heteroatoms. The second kappa shape index (κ2) is 8.85. The van der Waals surface area contributed by atoms with E-state index in [2.05, 4.69) is 29.0 Å². The molecule has 1 aliphatic heterocycles. The van der Waals surface area contributed by atoms with Crippen LogP contribution in [-0.4, -0.2) is 40.3 Å². The molecule has 0 amide bonds. The summed E-state index contributed by atoms with van der Waals surface area (Å²) in [5.41, 5.74) is 2.64. The highest BCUT2D eigenvalue weighted by molar-refractivity contribution is 7.80. The van der Waals surface area contributed by atoms with Crippen LogP contribution in [0.1, 0.15) is 44.2 Å². The summed E-state index contributed by atoms with van der Waals surface area (Å²) >= 11 is 5.66. The first-order chi connectivity index (χ1) is 13.0. The number of para-hydroxylation sites is 1. The number of aryl methyl sites for hydroxylation is 1. The van der Waals surface area contributed by atoms with E-state index in [-0.39, 0.29) is 11.7 Å². The van der Waals surface area contributed by atoms with Gasteiger partial charge in [0, 0.05) is 24.8 Å². The van der Waals surface area contributed by atoms with E-state index in [0.29, 0.717) is 24.2 Å². The predicted octanol–water partition coefficient (Wildman–Crippen LogP) is 3.49. The van der Waals surface area contributed by atoms with E-state index >= 15 is 0 Å². The molecule has 2 unspecified atom stereocenters. The maximum atomic E-state index is 12.7. The zero-order valence-electron chi connectivity index (χ0n) is 16.4. The van der Waals surface area contributed by atoms with Gasteiger partial charge < -0.3 is 19.9 Å². The minimum absolute atomic E-state index is 0.0551. The van der Waals surface area contributed by atoms with Crippen LogP contribution in [0.2, 0.25) is 0 Å². The highest BCUT2D eigenvalue weighted by atomic mass is 32.1. The third-order valence-corrected chi connectivity index (χ3v) is 5.62. The quantitative estimate of drug-likeness (QED) is 0.743. The minimum Gasteiger partial charge on any atom is -0.376 e. The Morgan fingerprint density at radius 1 is 1.48 bits per heavy atom. The van der Waals surface area contributed by atoms with Gasteiger partial charge in [-0.05, 0) is 62.3 Å². The van der Waals surface area contributed by atoms with Gasteiger partial charge in [-0.2, -0.15) is 0 Å². The van der Waals surface area contributed by atoms with Crippen LogP contribution in [0.15, 0.2) is 29.1 Å². The van der Waals surface area contributed by atoms with E-state index in [1.54, 1.807) is 0 Å². The lowest BCUT2D eigenvalue weighted by Crippen LogP contribution is -2.46. The molecule has 1 fully saturated rings. The molecule has 1 aliphatic rings. The predicted molar refractivity (Wildman–Crippen MR) is 114 cm³/mol. The molecular formula is C21H29N3O2S. The molecule has 0 bridgehead atoms. The molecule has 2 aromatic rings. The van der Waals surface area contributed by atoms with Crippen LogP contribution in [0.25, 0.3) is 10.9 Å². The second-order valence-electron chi connectivity index (χ2n) is 7.44. The summed E-state index contributed by atoms with van der Waals surface area (Å²) in [4.78, 5) is 17.8. The van der Waals surface area contributed by atoms with Crippen molar-refractivity contribution in [3.8, 4) is 0 Å². The van der Waals surface area contributed by atoms with Crippen molar-refractivity contribution in [2.45, 2.75) is 58.7 Å². The van der Waals surface area contributed by atoms with Gasteiger partial charge in [0.1, 0.15) is 0 Å². The number of fused-ring (bicyclic) bond motifs is 1. The van der Waals surface area contributed by atoms with E-state index in [1.807, 2.05) is 31.2 Å². The van der Waals surface area contributed by atoms with Crippen LogP contribution >= 0.6 is 12.2 Å². The monoisotopic (exact) mass is 387 g/mol. The van der Waals surface area contributed by atoms with Gasteiger partial charge >= 0.3 is 0 Å². The maximum Gasteiger partial charge on any atom is 0.253 e. The van der Waals surface area contributed by atoms with Gasteiger partial charge in [0.15, 0.2) is 5.11 Å². The highest BCUT2D eigenvalue weighted by Crippen LogP contribution is 2.18. The summed E-state index contributed by atoms with van der Waals surface area (Å²) in [6.07, 6.45) is 3.28.